The molecule has 2 aromatic rings. The van der Waals surface area contributed by atoms with Crippen LogP contribution in [0.25, 0.3) is 0 Å². The highest BCUT2D eigenvalue weighted by Crippen LogP contribution is 2.34. The molecule has 0 bridgehead atoms. The van der Waals surface area contributed by atoms with Gasteiger partial charge in [-0.3, -0.25) is 4.79 Å². The Kier molecular flexibility index (Phi) is 6.46. The van der Waals surface area contributed by atoms with Crippen molar-refractivity contribution in [2.75, 3.05) is 19.0 Å². The Morgan fingerprint density at radius 3 is 2.38 bits per heavy atom. The van der Waals surface area contributed by atoms with E-state index in [1.54, 1.807) is 13.8 Å². The van der Waals surface area contributed by atoms with Gasteiger partial charge in [0.15, 0.2) is 0 Å². The third kappa shape index (κ3) is 4.45. The van der Waals surface area contributed by atoms with Crippen LogP contribution in [0.3, 0.4) is 0 Å². The molecule has 8 heteroatoms. The number of thiophene rings is 1. The first-order chi connectivity index (χ1) is 12.4. The summed E-state index contributed by atoms with van der Waals surface area (Å²) in [6, 6.07) is 5.52. The largest absolute Gasteiger partial charge is 0.465 e. The standard InChI is InChI=1S/C18H18FNO5S/c1-4-25-17(22)14-10(2)15(18(23)24-3)26-16(14)20-13(21)9-11-5-7-12(19)8-6-11/h5-8H,4,9H2,1-3H3,(H,20,21). The second-order valence-corrected chi connectivity index (χ2v) is 6.34. The predicted molar refractivity (Wildman–Crippen MR) is 95.1 cm³/mol. The molecule has 0 fully saturated rings. The van der Waals surface area contributed by atoms with E-state index in [0.717, 1.165) is 11.3 Å². The highest BCUT2D eigenvalue weighted by molar-refractivity contribution is 7.18. The Hall–Kier alpha value is -2.74. The molecule has 138 valence electrons. The number of amides is 1. The molecule has 0 aliphatic heterocycles. The van der Waals surface area contributed by atoms with Crippen molar-refractivity contribution < 1.29 is 28.2 Å². The Morgan fingerprint density at radius 2 is 1.81 bits per heavy atom. The number of rotatable bonds is 6. The highest BCUT2D eigenvalue weighted by atomic mass is 32.1. The van der Waals surface area contributed by atoms with Crippen LogP contribution >= 0.6 is 11.3 Å². The molecule has 0 radical (unpaired) electrons. The van der Waals surface area contributed by atoms with Crippen LogP contribution in [0, 0.1) is 12.7 Å². The van der Waals surface area contributed by atoms with E-state index in [-0.39, 0.29) is 28.5 Å². The third-order valence-corrected chi connectivity index (χ3v) is 4.72. The number of methoxy groups -OCH3 is 1. The van der Waals surface area contributed by atoms with Crippen molar-refractivity contribution in [1.82, 2.24) is 0 Å². The number of benzene rings is 1. The summed E-state index contributed by atoms with van der Waals surface area (Å²) >= 11 is 0.947. The predicted octanol–water partition coefficient (Wildman–Crippen LogP) is 3.34. The molecule has 1 amide bonds. The van der Waals surface area contributed by atoms with Gasteiger partial charge in [-0.15, -0.1) is 11.3 Å². The minimum absolute atomic E-state index is 0.00689. The van der Waals surface area contributed by atoms with E-state index in [0.29, 0.717) is 11.1 Å². The lowest BCUT2D eigenvalue weighted by atomic mass is 10.1. The van der Waals surface area contributed by atoms with Gasteiger partial charge < -0.3 is 14.8 Å². The monoisotopic (exact) mass is 379 g/mol. The minimum Gasteiger partial charge on any atom is -0.465 e. The summed E-state index contributed by atoms with van der Waals surface area (Å²) < 4.78 is 22.7. The second-order valence-electron chi connectivity index (χ2n) is 5.32. The number of hydrogen-bond acceptors (Lipinski definition) is 6. The van der Waals surface area contributed by atoms with Gasteiger partial charge in [0.1, 0.15) is 15.7 Å². The summed E-state index contributed by atoms with van der Waals surface area (Å²) in [7, 11) is 1.23. The van der Waals surface area contributed by atoms with Crippen LogP contribution < -0.4 is 5.32 Å². The van der Waals surface area contributed by atoms with E-state index < -0.39 is 23.7 Å². The molecular weight excluding hydrogens is 361 g/mol. The lowest BCUT2D eigenvalue weighted by Crippen LogP contribution is -2.16. The van der Waals surface area contributed by atoms with Gasteiger partial charge in [0.25, 0.3) is 0 Å². The van der Waals surface area contributed by atoms with Crippen LogP contribution in [0.5, 0.6) is 0 Å². The van der Waals surface area contributed by atoms with Crippen molar-refractivity contribution in [1.29, 1.82) is 0 Å². The lowest BCUT2D eigenvalue weighted by molar-refractivity contribution is -0.115. The maximum absolute atomic E-state index is 12.9. The molecule has 0 atom stereocenters. The number of halogens is 1. The normalized spacial score (nSPS) is 10.3. The average Bonchev–Trinajstić information content (AvgIpc) is 2.92. The van der Waals surface area contributed by atoms with Gasteiger partial charge in [-0.25, -0.2) is 14.0 Å². The molecule has 0 saturated carbocycles. The molecule has 1 aromatic heterocycles. The first-order valence-corrected chi connectivity index (χ1v) is 8.62. The summed E-state index contributed by atoms with van der Waals surface area (Å²) in [5, 5.41) is 2.85. The van der Waals surface area contributed by atoms with Crippen LogP contribution in [0.2, 0.25) is 0 Å². The number of carbonyl (C=O) groups is 3. The van der Waals surface area contributed by atoms with E-state index in [2.05, 4.69) is 5.32 Å². The van der Waals surface area contributed by atoms with Crippen molar-refractivity contribution >= 4 is 34.2 Å². The molecule has 0 saturated heterocycles. The number of carbonyl (C=O) groups excluding carboxylic acids is 3. The molecule has 1 heterocycles. The van der Waals surface area contributed by atoms with Crippen molar-refractivity contribution in [3.05, 3.63) is 51.7 Å². The molecule has 1 N–H and O–H groups in total. The molecule has 0 aliphatic rings. The van der Waals surface area contributed by atoms with Gasteiger partial charge in [-0.1, -0.05) is 12.1 Å². The number of hydrogen-bond donors (Lipinski definition) is 1. The van der Waals surface area contributed by atoms with Gasteiger partial charge in [-0.2, -0.15) is 0 Å². The second kappa shape index (κ2) is 8.57. The van der Waals surface area contributed by atoms with E-state index in [4.69, 9.17) is 9.47 Å². The van der Waals surface area contributed by atoms with Crippen LogP contribution in [0.15, 0.2) is 24.3 Å². The first kappa shape index (κ1) is 19.6. The topological polar surface area (TPSA) is 81.7 Å². The molecule has 0 unspecified atom stereocenters. The first-order valence-electron chi connectivity index (χ1n) is 7.80. The summed E-state index contributed by atoms with van der Waals surface area (Å²) in [5.41, 5.74) is 1.13. The minimum atomic E-state index is -0.631. The average molecular weight is 379 g/mol. The Labute approximate surface area is 153 Å². The highest BCUT2D eigenvalue weighted by Gasteiger charge is 2.27. The van der Waals surface area contributed by atoms with Gasteiger partial charge in [0, 0.05) is 0 Å². The molecule has 2 rings (SSSR count). The van der Waals surface area contributed by atoms with Crippen molar-refractivity contribution in [2.24, 2.45) is 0 Å². The van der Waals surface area contributed by atoms with Crippen molar-refractivity contribution in [3.63, 3.8) is 0 Å². The molecule has 26 heavy (non-hydrogen) atoms. The van der Waals surface area contributed by atoms with E-state index >= 15 is 0 Å². The van der Waals surface area contributed by atoms with Gasteiger partial charge >= 0.3 is 11.9 Å². The van der Waals surface area contributed by atoms with Crippen molar-refractivity contribution in [3.8, 4) is 0 Å². The fraction of sp³-hybridized carbons (Fsp3) is 0.278. The summed E-state index contributed by atoms with van der Waals surface area (Å²) in [6.45, 7) is 3.41. The Balaban J connectivity index is 2.28. The summed E-state index contributed by atoms with van der Waals surface area (Å²) in [5.74, 6) is -2.03. The smallest absolute Gasteiger partial charge is 0.348 e. The maximum Gasteiger partial charge on any atom is 0.348 e. The fourth-order valence-electron chi connectivity index (χ4n) is 2.30. The maximum atomic E-state index is 12.9. The SMILES string of the molecule is CCOC(=O)c1c(NC(=O)Cc2ccc(F)cc2)sc(C(=O)OC)c1C. The number of esters is 2. The van der Waals surface area contributed by atoms with E-state index in [1.165, 1.54) is 31.4 Å². The molecular formula is C18H18FNO5S. The van der Waals surface area contributed by atoms with Crippen LogP contribution in [0.4, 0.5) is 9.39 Å². The number of nitrogens with one attached hydrogen (secondary N) is 1. The fourth-order valence-corrected chi connectivity index (χ4v) is 3.43. The van der Waals surface area contributed by atoms with Crippen LogP contribution in [-0.4, -0.2) is 31.6 Å². The zero-order valence-corrected chi connectivity index (χ0v) is 15.4. The molecule has 6 nitrogen and oxygen atoms in total. The van der Waals surface area contributed by atoms with Crippen LogP contribution in [0.1, 0.15) is 38.1 Å². The Morgan fingerprint density at radius 1 is 1.15 bits per heavy atom. The van der Waals surface area contributed by atoms with Crippen LogP contribution in [-0.2, 0) is 20.7 Å². The lowest BCUT2D eigenvalue weighted by Gasteiger charge is -2.07. The van der Waals surface area contributed by atoms with E-state index in [1.807, 2.05) is 0 Å². The van der Waals surface area contributed by atoms with Gasteiger partial charge in [0.2, 0.25) is 5.91 Å². The summed E-state index contributed by atoms with van der Waals surface area (Å²) in [6.07, 6.45) is -0.00689. The number of anilines is 1. The zero-order chi connectivity index (χ0) is 19.3. The molecule has 0 spiro atoms. The van der Waals surface area contributed by atoms with Gasteiger partial charge in [0.05, 0.1) is 25.7 Å². The quantitative estimate of drug-likeness (QED) is 0.779. The van der Waals surface area contributed by atoms with Gasteiger partial charge in [-0.05, 0) is 37.1 Å². The third-order valence-electron chi connectivity index (χ3n) is 3.53. The summed E-state index contributed by atoms with van der Waals surface area (Å²) in [4.78, 5) is 36.6. The molecule has 1 aromatic carbocycles. The zero-order valence-electron chi connectivity index (χ0n) is 14.6. The number of ether oxygens (including phenoxy) is 2. The Bertz CT molecular complexity index is 829. The van der Waals surface area contributed by atoms with Crippen molar-refractivity contribution in [2.45, 2.75) is 20.3 Å². The van der Waals surface area contributed by atoms with E-state index in [9.17, 15) is 18.8 Å². The molecule has 0 aliphatic carbocycles.